The summed E-state index contributed by atoms with van der Waals surface area (Å²) in [7, 11) is 0. The van der Waals surface area contributed by atoms with Crippen LogP contribution in [0.3, 0.4) is 0 Å². The second kappa shape index (κ2) is 13.1. The number of hydrogen-bond donors (Lipinski definition) is 2. The van der Waals surface area contributed by atoms with E-state index in [0.717, 1.165) is 34.9 Å². The van der Waals surface area contributed by atoms with Gasteiger partial charge in [-0.2, -0.15) is 0 Å². The van der Waals surface area contributed by atoms with Crippen molar-refractivity contribution in [2.75, 3.05) is 5.75 Å². The molecule has 2 N–H and O–H groups in total. The number of hydrogen-bond acceptors (Lipinski definition) is 4. The van der Waals surface area contributed by atoms with Crippen LogP contribution in [0, 0.1) is 0 Å². The van der Waals surface area contributed by atoms with Gasteiger partial charge in [0.05, 0.1) is 17.0 Å². The minimum absolute atomic E-state index is 0.0694. The third kappa shape index (κ3) is 8.51. The third-order valence-corrected chi connectivity index (χ3v) is 6.78. The second-order valence-corrected chi connectivity index (χ2v) is 10.7. The zero-order valence-electron chi connectivity index (χ0n) is 20.0. The number of unbranched alkanes of at least 4 members (excludes halogenated alkanes) is 10. The molecule has 0 radical (unpaired) electrons. The topological polar surface area (TPSA) is 83.3 Å². The molecule has 6 nitrogen and oxygen atoms in total. The molecule has 0 saturated carbocycles. The first kappa shape index (κ1) is 25.8. The number of carbonyl (C=O) groups is 1. The maximum atomic E-state index is 10.9. The maximum Gasteiger partial charge on any atom is 0.304 e. The van der Waals surface area contributed by atoms with E-state index in [1.807, 2.05) is 4.52 Å². The van der Waals surface area contributed by atoms with E-state index in [-0.39, 0.29) is 11.8 Å². The molecule has 2 heterocycles. The van der Waals surface area contributed by atoms with Crippen LogP contribution in [0.25, 0.3) is 5.65 Å². The van der Waals surface area contributed by atoms with Gasteiger partial charge in [0.25, 0.3) is 0 Å². The van der Waals surface area contributed by atoms with Gasteiger partial charge in [-0.1, -0.05) is 91.9 Å². The molecule has 2 aromatic rings. The van der Waals surface area contributed by atoms with E-state index in [4.69, 9.17) is 5.11 Å². The summed E-state index contributed by atoms with van der Waals surface area (Å²) in [5.41, 5.74) is 1.87. The van der Waals surface area contributed by atoms with Crippen LogP contribution in [0.1, 0.15) is 116 Å². The molecule has 31 heavy (non-hydrogen) atoms. The number of carboxylic acids is 1. The fourth-order valence-corrected chi connectivity index (χ4v) is 5.09. The predicted molar refractivity (Wildman–Crippen MR) is 129 cm³/mol. The van der Waals surface area contributed by atoms with Crippen molar-refractivity contribution < 1.29 is 9.90 Å². The van der Waals surface area contributed by atoms with Gasteiger partial charge in [0, 0.05) is 17.6 Å². The Morgan fingerprint density at radius 2 is 1.55 bits per heavy atom. The molecule has 0 bridgehead atoms. The number of aliphatic carboxylic acids is 1. The number of thioether (sulfide) groups is 1. The summed E-state index contributed by atoms with van der Waals surface area (Å²) in [5, 5.41) is 21.3. The molecule has 0 aliphatic heterocycles. The van der Waals surface area contributed by atoms with Crippen LogP contribution in [0.15, 0.2) is 4.90 Å². The van der Waals surface area contributed by atoms with E-state index in [0.29, 0.717) is 5.75 Å². The Balaban J connectivity index is 1.81. The standard InChI is InChI=1S/C24H42N4O2S/c1-5-6-7-8-9-10-11-12-13-14-15-16-19-25-26-23-21(31-18-17-20(29)30)22(24(2,3)4)27-28(19)23/h27H,5-18H2,1-4H3,(H,29,30). The van der Waals surface area contributed by atoms with Crippen molar-refractivity contribution in [2.24, 2.45) is 0 Å². The number of carboxylic acid groups (broad SMARTS) is 1. The quantitative estimate of drug-likeness (QED) is 0.218. The first-order valence-electron chi connectivity index (χ1n) is 12.2. The van der Waals surface area contributed by atoms with Gasteiger partial charge < -0.3 is 5.11 Å². The summed E-state index contributed by atoms with van der Waals surface area (Å²) in [6.07, 6.45) is 15.7. The number of aromatic amines is 1. The van der Waals surface area contributed by atoms with Gasteiger partial charge in [0.15, 0.2) is 11.5 Å². The number of nitrogens with zero attached hydrogens (tertiary/aromatic N) is 3. The van der Waals surface area contributed by atoms with Crippen LogP contribution in [-0.4, -0.2) is 36.6 Å². The van der Waals surface area contributed by atoms with Gasteiger partial charge in [-0.15, -0.1) is 22.0 Å². The second-order valence-electron chi connectivity index (χ2n) is 9.62. The third-order valence-electron chi connectivity index (χ3n) is 5.70. The average Bonchev–Trinajstić information content (AvgIpc) is 3.26. The lowest BCUT2D eigenvalue weighted by Crippen LogP contribution is -2.14. The van der Waals surface area contributed by atoms with Crippen molar-refractivity contribution in [3.05, 3.63) is 11.5 Å². The number of aryl methyl sites for hydroxylation is 1. The van der Waals surface area contributed by atoms with Crippen LogP contribution in [0.5, 0.6) is 0 Å². The monoisotopic (exact) mass is 450 g/mol. The van der Waals surface area contributed by atoms with Gasteiger partial charge in [-0.3, -0.25) is 9.89 Å². The highest BCUT2D eigenvalue weighted by atomic mass is 32.2. The van der Waals surface area contributed by atoms with Crippen molar-refractivity contribution in [1.29, 1.82) is 0 Å². The van der Waals surface area contributed by atoms with Gasteiger partial charge in [0.2, 0.25) is 0 Å². The Hall–Kier alpha value is -1.50. The number of rotatable bonds is 16. The minimum atomic E-state index is -0.769. The molecule has 0 aliphatic rings. The Labute approximate surface area is 192 Å². The smallest absolute Gasteiger partial charge is 0.304 e. The summed E-state index contributed by atoms with van der Waals surface area (Å²) < 4.78 is 2.01. The van der Waals surface area contributed by atoms with Crippen molar-refractivity contribution >= 4 is 23.4 Å². The summed E-state index contributed by atoms with van der Waals surface area (Å²) in [6, 6.07) is 0. The maximum absolute atomic E-state index is 10.9. The SMILES string of the molecule is CCCCCCCCCCCCCc1nnc2c(SCCC(=O)O)c(C(C)(C)C)[nH]n12. The van der Waals surface area contributed by atoms with Crippen LogP contribution in [0.4, 0.5) is 0 Å². The fraction of sp³-hybridized carbons (Fsp3) is 0.792. The van der Waals surface area contributed by atoms with Crippen LogP contribution >= 0.6 is 11.8 Å². The highest BCUT2D eigenvalue weighted by molar-refractivity contribution is 7.99. The predicted octanol–water partition coefficient (Wildman–Crippen LogP) is 6.78. The van der Waals surface area contributed by atoms with Crippen LogP contribution < -0.4 is 0 Å². The average molecular weight is 451 g/mol. The van der Waals surface area contributed by atoms with Crippen molar-refractivity contribution in [3.63, 3.8) is 0 Å². The Kier molecular flexibility index (Phi) is 10.9. The van der Waals surface area contributed by atoms with E-state index in [1.54, 1.807) is 11.8 Å². The fourth-order valence-electron chi connectivity index (χ4n) is 3.85. The lowest BCUT2D eigenvalue weighted by molar-refractivity contribution is -0.136. The van der Waals surface area contributed by atoms with Crippen LogP contribution in [-0.2, 0) is 16.6 Å². The van der Waals surface area contributed by atoms with E-state index in [1.165, 1.54) is 64.2 Å². The number of aromatic nitrogens is 4. The molecule has 0 aliphatic carbocycles. The zero-order valence-corrected chi connectivity index (χ0v) is 20.8. The zero-order chi connectivity index (χ0) is 22.7. The molecular weight excluding hydrogens is 408 g/mol. The molecule has 2 aromatic heterocycles. The summed E-state index contributed by atoms with van der Waals surface area (Å²) in [4.78, 5) is 11.9. The Morgan fingerprint density at radius 3 is 2.10 bits per heavy atom. The molecule has 0 unspecified atom stereocenters. The normalized spacial score (nSPS) is 12.1. The molecule has 0 atom stereocenters. The lowest BCUT2D eigenvalue weighted by Gasteiger charge is -2.18. The van der Waals surface area contributed by atoms with E-state index < -0.39 is 5.97 Å². The molecule has 0 spiro atoms. The highest BCUT2D eigenvalue weighted by Crippen LogP contribution is 2.35. The largest absolute Gasteiger partial charge is 0.481 e. The van der Waals surface area contributed by atoms with Gasteiger partial charge >= 0.3 is 5.97 Å². The first-order valence-corrected chi connectivity index (χ1v) is 13.1. The van der Waals surface area contributed by atoms with Crippen molar-refractivity contribution in [1.82, 2.24) is 19.8 Å². The van der Waals surface area contributed by atoms with Gasteiger partial charge in [-0.25, -0.2) is 4.52 Å². The van der Waals surface area contributed by atoms with Crippen molar-refractivity contribution in [2.45, 2.75) is 121 Å². The summed E-state index contributed by atoms with van der Waals surface area (Å²) >= 11 is 1.56. The number of H-pyrrole nitrogens is 1. The van der Waals surface area contributed by atoms with Gasteiger partial charge in [-0.05, 0) is 6.42 Å². The number of nitrogens with one attached hydrogen (secondary N) is 1. The van der Waals surface area contributed by atoms with E-state index in [2.05, 4.69) is 43.0 Å². The first-order chi connectivity index (χ1) is 14.8. The summed E-state index contributed by atoms with van der Waals surface area (Å²) in [6.45, 7) is 8.76. The Bertz CT molecular complexity index is 791. The molecule has 0 amide bonds. The van der Waals surface area contributed by atoms with Gasteiger partial charge in [0.1, 0.15) is 0 Å². The lowest BCUT2D eigenvalue weighted by atomic mass is 9.92. The molecule has 0 aromatic carbocycles. The molecule has 7 heteroatoms. The molecule has 0 fully saturated rings. The number of fused-ring (bicyclic) bond motifs is 1. The van der Waals surface area contributed by atoms with Crippen LogP contribution in [0.2, 0.25) is 0 Å². The molecular formula is C24H42N4O2S. The highest BCUT2D eigenvalue weighted by Gasteiger charge is 2.26. The van der Waals surface area contributed by atoms with E-state index >= 15 is 0 Å². The van der Waals surface area contributed by atoms with Crippen molar-refractivity contribution in [3.8, 4) is 0 Å². The molecule has 0 saturated heterocycles. The molecule has 2 rings (SSSR count). The Morgan fingerprint density at radius 1 is 0.968 bits per heavy atom. The summed E-state index contributed by atoms with van der Waals surface area (Å²) in [5.74, 6) is 0.740. The van der Waals surface area contributed by atoms with E-state index in [9.17, 15) is 4.79 Å². The molecule has 176 valence electrons. The minimum Gasteiger partial charge on any atom is -0.481 e.